The van der Waals surface area contributed by atoms with Gasteiger partial charge in [0.05, 0.1) is 7.11 Å². The zero-order chi connectivity index (χ0) is 11.4. The smallest absolute Gasteiger partial charge is 0.212 e. The Labute approximate surface area is 94.1 Å². The number of ether oxygens (including phenoxy) is 1. The van der Waals surface area contributed by atoms with Crippen molar-refractivity contribution in [2.75, 3.05) is 12.4 Å². The monoisotopic (exact) mass is 218 g/mol. The summed E-state index contributed by atoms with van der Waals surface area (Å²) in [5, 5.41) is 7.43. The molecule has 0 spiro atoms. The zero-order valence-corrected chi connectivity index (χ0v) is 9.34. The van der Waals surface area contributed by atoms with Crippen molar-refractivity contribution in [2.45, 2.75) is 6.54 Å². The van der Waals surface area contributed by atoms with E-state index in [0.717, 1.165) is 11.4 Å². The highest BCUT2D eigenvalue weighted by Gasteiger charge is 1.98. The molecule has 5 nitrogen and oxygen atoms in total. The van der Waals surface area contributed by atoms with Crippen LogP contribution in [0.3, 0.4) is 0 Å². The van der Waals surface area contributed by atoms with Crippen molar-refractivity contribution in [1.29, 1.82) is 0 Å². The Balaban J connectivity index is 1.94. The summed E-state index contributed by atoms with van der Waals surface area (Å²) in [5.74, 6) is 1.49. The molecule has 1 N–H and O–H groups in total. The van der Waals surface area contributed by atoms with Crippen molar-refractivity contribution in [1.82, 2.24) is 14.8 Å². The second-order valence-electron chi connectivity index (χ2n) is 3.44. The summed E-state index contributed by atoms with van der Waals surface area (Å²) in [4.78, 5) is 4.13. The third-order valence-electron chi connectivity index (χ3n) is 2.19. The number of aryl methyl sites for hydroxylation is 1. The Morgan fingerprint density at radius 2 is 2.25 bits per heavy atom. The third kappa shape index (κ3) is 2.50. The molecule has 5 heteroatoms. The normalized spacial score (nSPS) is 10.1. The third-order valence-corrected chi connectivity index (χ3v) is 2.19. The molecular weight excluding hydrogens is 204 g/mol. The van der Waals surface area contributed by atoms with E-state index < -0.39 is 0 Å². The largest absolute Gasteiger partial charge is 0.481 e. The van der Waals surface area contributed by atoms with Crippen molar-refractivity contribution in [3.8, 4) is 5.88 Å². The molecule has 0 aliphatic rings. The van der Waals surface area contributed by atoms with Gasteiger partial charge in [-0.05, 0) is 5.56 Å². The number of anilines is 1. The molecule has 0 fully saturated rings. The molecular formula is C11H14N4O. The van der Waals surface area contributed by atoms with E-state index in [-0.39, 0.29) is 0 Å². The molecule has 2 heterocycles. The van der Waals surface area contributed by atoms with Crippen LogP contribution in [0.5, 0.6) is 5.88 Å². The average molecular weight is 218 g/mol. The van der Waals surface area contributed by atoms with Crippen LogP contribution < -0.4 is 10.1 Å². The highest BCUT2D eigenvalue weighted by atomic mass is 16.5. The van der Waals surface area contributed by atoms with Gasteiger partial charge in [0.25, 0.3) is 0 Å². The number of nitrogens with zero attached hydrogens (tertiary/aromatic N) is 3. The van der Waals surface area contributed by atoms with Crippen LogP contribution in [0.25, 0.3) is 0 Å². The minimum Gasteiger partial charge on any atom is -0.481 e. The Hall–Kier alpha value is -2.04. The number of hydrogen-bond donors (Lipinski definition) is 1. The lowest BCUT2D eigenvalue weighted by atomic mass is 10.3. The Kier molecular flexibility index (Phi) is 3.05. The van der Waals surface area contributed by atoms with Crippen LogP contribution >= 0.6 is 0 Å². The first-order valence-electron chi connectivity index (χ1n) is 5.00. The van der Waals surface area contributed by atoms with E-state index in [9.17, 15) is 0 Å². The van der Waals surface area contributed by atoms with Gasteiger partial charge in [-0.2, -0.15) is 5.10 Å². The molecule has 0 aromatic carbocycles. The molecule has 2 aromatic rings. The highest BCUT2D eigenvalue weighted by Crippen LogP contribution is 2.08. The van der Waals surface area contributed by atoms with Gasteiger partial charge >= 0.3 is 0 Å². The van der Waals surface area contributed by atoms with Crippen LogP contribution in [-0.2, 0) is 13.6 Å². The first kappa shape index (κ1) is 10.5. The van der Waals surface area contributed by atoms with Crippen LogP contribution in [0.15, 0.2) is 30.6 Å². The van der Waals surface area contributed by atoms with Gasteiger partial charge in [-0.1, -0.05) is 6.07 Å². The predicted molar refractivity (Wildman–Crippen MR) is 61.3 cm³/mol. The fourth-order valence-electron chi connectivity index (χ4n) is 1.34. The Morgan fingerprint density at radius 1 is 1.38 bits per heavy atom. The molecule has 0 saturated carbocycles. The molecule has 0 bridgehead atoms. The lowest BCUT2D eigenvalue weighted by Gasteiger charge is -2.03. The first-order valence-corrected chi connectivity index (χ1v) is 5.00. The van der Waals surface area contributed by atoms with E-state index in [4.69, 9.17) is 4.74 Å². The van der Waals surface area contributed by atoms with E-state index in [1.54, 1.807) is 18.0 Å². The van der Waals surface area contributed by atoms with Crippen LogP contribution in [0.2, 0.25) is 0 Å². The number of aromatic nitrogens is 3. The molecule has 0 saturated heterocycles. The molecule has 2 rings (SSSR count). The number of rotatable bonds is 4. The van der Waals surface area contributed by atoms with E-state index >= 15 is 0 Å². The molecule has 0 aliphatic heterocycles. The molecule has 0 radical (unpaired) electrons. The van der Waals surface area contributed by atoms with Crippen molar-refractivity contribution in [3.63, 3.8) is 0 Å². The number of methoxy groups -OCH3 is 1. The Bertz CT molecular complexity index is 449. The van der Waals surface area contributed by atoms with Crippen LogP contribution in [0.4, 0.5) is 5.82 Å². The lowest BCUT2D eigenvalue weighted by Crippen LogP contribution is -2.01. The minimum atomic E-state index is 0.626. The maximum Gasteiger partial charge on any atom is 0.212 e. The van der Waals surface area contributed by atoms with Gasteiger partial charge in [0, 0.05) is 38.1 Å². The summed E-state index contributed by atoms with van der Waals surface area (Å²) in [6.07, 6.45) is 3.68. The van der Waals surface area contributed by atoms with Gasteiger partial charge < -0.3 is 10.1 Å². The number of pyridine rings is 1. The van der Waals surface area contributed by atoms with E-state index in [2.05, 4.69) is 15.4 Å². The van der Waals surface area contributed by atoms with E-state index in [1.165, 1.54) is 0 Å². The SMILES string of the molecule is COc1ccc(CNc2ccn(C)n2)cn1. The molecule has 0 unspecified atom stereocenters. The van der Waals surface area contributed by atoms with Crippen molar-refractivity contribution in [3.05, 3.63) is 36.2 Å². The van der Waals surface area contributed by atoms with Gasteiger partial charge in [0.15, 0.2) is 0 Å². The van der Waals surface area contributed by atoms with Gasteiger partial charge in [-0.3, -0.25) is 4.68 Å². The Morgan fingerprint density at radius 3 is 2.81 bits per heavy atom. The molecule has 0 amide bonds. The summed E-state index contributed by atoms with van der Waals surface area (Å²) >= 11 is 0. The van der Waals surface area contributed by atoms with E-state index in [0.29, 0.717) is 12.4 Å². The van der Waals surface area contributed by atoms with Crippen molar-refractivity contribution < 1.29 is 4.74 Å². The van der Waals surface area contributed by atoms with Crippen molar-refractivity contribution in [2.24, 2.45) is 7.05 Å². The average Bonchev–Trinajstić information content (AvgIpc) is 2.73. The highest BCUT2D eigenvalue weighted by molar-refractivity contribution is 5.33. The van der Waals surface area contributed by atoms with E-state index in [1.807, 2.05) is 31.4 Å². The van der Waals surface area contributed by atoms with Gasteiger partial charge in [0.2, 0.25) is 5.88 Å². The zero-order valence-electron chi connectivity index (χ0n) is 9.34. The molecule has 0 atom stereocenters. The molecule has 2 aromatic heterocycles. The summed E-state index contributed by atoms with van der Waals surface area (Å²) in [7, 11) is 3.49. The fourth-order valence-corrected chi connectivity index (χ4v) is 1.34. The quantitative estimate of drug-likeness (QED) is 0.843. The number of hydrogen-bond acceptors (Lipinski definition) is 4. The van der Waals surface area contributed by atoms with Crippen molar-refractivity contribution >= 4 is 5.82 Å². The standard InChI is InChI=1S/C11H14N4O/c1-15-6-5-10(14-15)12-7-9-3-4-11(16-2)13-8-9/h3-6,8H,7H2,1-2H3,(H,12,14). The topological polar surface area (TPSA) is 52.0 Å². The summed E-state index contributed by atoms with van der Waals surface area (Å²) in [5.41, 5.74) is 1.09. The first-order chi connectivity index (χ1) is 7.78. The molecule has 16 heavy (non-hydrogen) atoms. The van der Waals surface area contributed by atoms with Gasteiger partial charge in [-0.25, -0.2) is 4.98 Å². The lowest BCUT2D eigenvalue weighted by molar-refractivity contribution is 0.397. The van der Waals surface area contributed by atoms with Gasteiger partial charge in [-0.15, -0.1) is 0 Å². The maximum absolute atomic E-state index is 4.99. The van der Waals surface area contributed by atoms with Crippen LogP contribution in [-0.4, -0.2) is 21.9 Å². The van der Waals surface area contributed by atoms with Crippen LogP contribution in [0.1, 0.15) is 5.56 Å². The second kappa shape index (κ2) is 4.65. The van der Waals surface area contributed by atoms with Gasteiger partial charge in [0.1, 0.15) is 5.82 Å². The molecule has 84 valence electrons. The fraction of sp³-hybridized carbons (Fsp3) is 0.273. The summed E-state index contributed by atoms with van der Waals surface area (Å²) in [6, 6.07) is 5.74. The minimum absolute atomic E-state index is 0.626. The summed E-state index contributed by atoms with van der Waals surface area (Å²) < 4.78 is 6.75. The predicted octanol–water partition coefficient (Wildman–Crippen LogP) is 1.44. The second-order valence-corrected chi connectivity index (χ2v) is 3.44. The number of nitrogens with one attached hydrogen (secondary N) is 1. The summed E-state index contributed by atoms with van der Waals surface area (Å²) in [6.45, 7) is 0.702. The van der Waals surface area contributed by atoms with Crippen LogP contribution in [0, 0.1) is 0 Å². The maximum atomic E-state index is 4.99. The molecule has 0 aliphatic carbocycles.